The highest BCUT2D eigenvalue weighted by Gasteiger charge is 2.32. The number of hydrogen-bond donors (Lipinski definition) is 1. The normalized spacial score (nSPS) is 12.5. The Morgan fingerprint density at radius 3 is 2.37 bits per heavy atom. The quantitative estimate of drug-likeness (QED) is 0.631. The topological polar surface area (TPSA) is 76.4 Å². The summed E-state index contributed by atoms with van der Waals surface area (Å²) in [6, 6.07) is 15.4. The molecule has 0 unspecified atom stereocenters. The molecule has 1 heterocycles. The van der Waals surface area contributed by atoms with Crippen LogP contribution in [0.5, 0.6) is 0 Å². The third kappa shape index (κ3) is 4.53. The molecule has 27 heavy (non-hydrogen) atoms. The first-order valence-electron chi connectivity index (χ1n) is 7.94. The van der Waals surface area contributed by atoms with Crippen LogP contribution in [0.1, 0.15) is 21.4 Å². The molecular weight excluding hydrogens is 409 g/mol. The van der Waals surface area contributed by atoms with Crippen molar-refractivity contribution in [3.63, 3.8) is 0 Å². The molecule has 1 aromatic heterocycles. The number of amides is 1. The summed E-state index contributed by atoms with van der Waals surface area (Å²) >= 11 is 11.7. The Hall–Kier alpha value is -2.28. The third-order valence-electron chi connectivity index (χ3n) is 3.91. The van der Waals surface area contributed by atoms with E-state index >= 15 is 0 Å². The van der Waals surface area contributed by atoms with Gasteiger partial charge in [0.15, 0.2) is 9.84 Å². The van der Waals surface area contributed by atoms with Crippen molar-refractivity contribution in [2.24, 2.45) is 0 Å². The zero-order chi connectivity index (χ0) is 19.4. The molecule has 0 aliphatic rings. The lowest BCUT2D eigenvalue weighted by atomic mass is 10.2. The number of hydrogen-bond acceptors (Lipinski definition) is 4. The zero-order valence-electron chi connectivity index (χ0n) is 13.9. The minimum atomic E-state index is -3.82. The van der Waals surface area contributed by atoms with E-state index in [1.165, 1.54) is 36.6 Å². The number of carbonyl (C=O) groups excluding carboxylic acids is 1. The fourth-order valence-electron chi connectivity index (χ4n) is 2.54. The Balaban J connectivity index is 1.86. The van der Waals surface area contributed by atoms with Crippen LogP contribution in [0, 0.1) is 0 Å². The molecule has 1 atom stereocenters. The average Bonchev–Trinajstić information content (AvgIpc) is 3.16. The van der Waals surface area contributed by atoms with Crippen molar-refractivity contribution < 1.29 is 17.6 Å². The molecule has 0 saturated heterocycles. The Morgan fingerprint density at radius 1 is 1.00 bits per heavy atom. The molecule has 0 aliphatic heterocycles. The van der Waals surface area contributed by atoms with E-state index in [9.17, 15) is 13.2 Å². The highest BCUT2D eigenvalue weighted by atomic mass is 35.5. The molecule has 1 amide bonds. The van der Waals surface area contributed by atoms with Gasteiger partial charge < -0.3 is 9.73 Å². The Morgan fingerprint density at radius 2 is 1.74 bits per heavy atom. The number of halogens is 2. The Kier molecular flexibility index (Phi) is 5.89. The van der Waals surface area contributed by atoms with Crippen LogP contribution in [0.2, 0.25) is 10.0 Å². The molecule has 0 spiro atoms. The van der Waals surface area contributed by atoms with E-state index in [1.807, 2.05) is 0 Å². The lowest BCUT2D eigenvalue weighted by Gasteiger charge is -2.17. The van der Waals surface area contributed by atoms with E-state index in [0.717, 1.165) is 0 Å². The lowest BCUT2D eigenvalue weighted by molar-refractivity contribution is 0.0953. The summed E-state index contributed by atoms with van der Waals surface area (Å²) in [5.41, 5.74) is 0.338. The maximum Gasteiger partial charge on any atom is 0.251 e. The van der Waals surface area contributed by atoms with Gasteiger partial charge >= 0.3 is 0 Å². The van der Waals surface area contributed by atoms with Gasteiger partial charge in [-0.1, -0.05) is 29.3 Å². The number of benzene rings is 2. The van der Waals surface area contributed by atoms with Crippen molar-refractivity contribution in [2.75, 3.05) is 6.54 Å². The summed E-state index contributed by atoms with van der Waals surface area (Å²) < 4.78 is 31.4. The van der Waals surface area contributed by atoms with Crippen molar-refractivity contribution in [3.05, 3.63) is 88.3 Å². The first-order valence-corrected chi connectivity index (χ1v) is 10.2. The predicted molar refractivity (Wildman–Crippen MR) is 104 cm³/mol. The molecular formula is C19H15Cl2NO4S. The summed E-state index contributed by atoms with van der Waals surface area (Å²) in [5.74, 6) is -0.197. The van der Waals surface area contributed by atoms with Crippen LogP contribution >= 0.6 is 23.2 Å². The van der Waals surface area contributed by atoms with Gasteiger partial charge in [0.25, 0.3) is 5.91 Å². The van der Waals surface area contributed by atoms with Crippen LogP contribution in [0.15, 0.2) is 76.2 Å². The maximum absolute atomic E-state index is 13.1. The van der Waals surface area contributed by atoms with Crippen LogP contribution in [0.3, 0.4) is 0 Å². The van der Waals surface area contributed by atoms with Crippen molar-refractivity contribution in [1.82, 2.24) is 5.32 Å². The first kappa shape index (κ1) is 19.5. The van der Waals surface area contributed by atoms with Crippen molar-refractivity contribution in [3.8, 4) is 0 Å². The third-order valence-corrected chi connectivity index (χ3v) is 6.48. The average molecular weight is 424 g/mol. The number of nitrogens with one attached hydrogen (secondary N) is 1. The molecule has 2 aromatic carbocycles. The molecule has 3 aromatic rings. The molecule has 0 radical (unpaired) electrons. The molecule has 1 N–H and O–H groups in total. The van der Waals surface area contributed by atoms with E-state index in [4.69, 9.17) is 27.6 Å². The van der Waals surface area contributed by atoms with Gasteiger partial charge in [0.1, 0.15) is 11.0 Å². The molecule has 140 valence electrons. The lowest BCUT2D eigenvalue weighted by Crippen LogP contribution is -2.31. The second kappa shape index (κ2) is 8.17. The Bertz CT molecular complexity index is 1030. The largest absolute Gasteiger partial charge is 0.468 e. The summed E-state index contributed by atoms with van der Waals surface area (Å²) in [4.78, 5) is 12.5. The zero-order valence-corrected chi connectivity index (χ0v) is 16.3. The van der Waals surface area contributed by atoms with Gasteiger partial charge in [-0.15, -0.1) is 0 Å². The summed E-state index contributed by atoms with van der Waals surface area (Å²) in [7, 11) is -3.82. The first-order chi connectivity index (χ1) is 12.9. The summed E-state index contributed by atoms with van der Waals surface area (Å²) in [5, 5.41) is 2.40. The van der Waals surface area contributed by atoms with Crippen molar-refractivity contribution >= 4 is 38.9 Å². The standard InChI is InChI=1S/C19H15Cl2NO4S/c20-14-6-8-16(9-7-14)27(24,25)18(17-5-2-10-26-17)12-22-19(23)13-3-1-4-15(21)11-13/h1-11,18H,12H2,(H,22,23)/t18-/m1/s1. The Labute approximate surface area is 166 Å². The van der Waals surface area contributed by atoms with Gasteiger partial charge in [-0.3, -0.25) is 4.79 Å². The number of rotatable bonds is 6. The fraction of sp³-hybridized carbons (Fsp3) is 0.105. The molecule has 8 heteroatoms. The predicted octanol–water partition coefficient (Wildman–Crippen LogP) is 4.53. The highest BCUT2D eigenvalue weighted by molar-refractivity contribution is 7.91. The highest BCUT2D eigenvalue weighted by Crippen LogP contribution is 2.29. The molecule has 0 bridgehead atoms. The molecule has 0 aliphatic carbocycles. The molecule has 5 nitrogen and oxygen atoms in total. The van der Waals surface area contributed by atoms with Crippen LogP contribution in [-0.2, 0) is 9.84 Å². The summed E-state index contributed by atoms with van der Waals surface area (Å²) in [6.07, 6.45) is 1.39. The SMILES string of the molecule is O=C(NC[C@H](c1ccco1)S(=O)(=O)c1ccc(Cl)cc1)c1cccc(Cl)c1. The van der Waals surface area contributed by atoms with Crippen LogP contribution in [-0.4, -0.2) is 20.9 Å². The molecule has 0 fully saturated rings. The monoisotopic (exact) mass is 423 g/mol. The van der Waals surface area contributed by atoms with Gasteiger partial charge in [0.05, 0.1) is 11.2 Å². The van der Waals surface area contributed by atoms with Gasteiger partial charge in [0.2, 0.25) is 0 Å². The van der Waals surface area contributed by atoms with Crippen molar-refractivity contribution in [1.29, 1.82) is 0 Å². The van der Waals surface area contributed by atoms with Gasteiger partial charge in [-0.2, -0.15) is 0 Å². The van der Waals surface area contributed by atoms with Crippen LogP contribution in [0.25, 0.3) is 0 Å². The van der Waals surface area contributed by atoms with Crippen molar-refractivity contribution in [2.45, 2.75) is 10.1 Å². The fourth-order valence-corrected chi connectivity index (χ4v) is 4.45. The number of furan rings is 1. The second-order valence-corrected chi connectivity index (χ2v) is 8.73. The van der Waals surface area contributed by atoms with Crippen LogP contribution in [0.4, 0.5) is 0 Å². The van der Waals surface area contributed by atoms with E-state index in [0.29, 0.717) is 15.6 Å². The van der Waals surface area contributed by atoms with Gasteiger partial charge in [-0.05, 0) is 54.6 Å². The maximum atomic E-state index is 13.1. The van der Waals surface area contributed by atoms with E-state index in [-0.39, 0.29) is 17.2 Å². The minimum absolute atomic E-state index is 0.0882. The number of sulfone groups is 1. The molecule has 3 rings (SSSR count). The van der Waals surface area contributed by atoms with Gasteiger partial charge in [-0.25, -0.2) is 8.42 Å². The van der Waals surface area contributed by atoms with E-state index < -0.39 is 21.0 Å². The minimum Gasteiger partial charge on any atom is -0.468 e. The smallest absolute Gasteiger partial charge is 0.251 e. The summed E-state index contributed by atoms with van der Waals surface area (Å²) in [6.45, 7) is -0.163. The molecule has 0 saturated carbocycles. The van der Waals surface area contributed by atoms with Crippen LogP contribution < -0.4 is 5.32 Å². The van der Waals surface area contributed by atoms with E-state index in [1.54, 1.807) is 30.3 Å². The second-order valence-electron chi connectivity index (χ2n) is 5.72. The van der Waals surface area contributed by atoms with E-state index in [2.05, 4.69) is 5.32 Å². The number of carbonyl (C=O) groups is 1. The van der Waals surface area contributed by atoms with Gasteiger partial charge in [0, 0.05) is 22.2 Å².